The molecule has 0 bridgehead atoms. The molecule has 1 nitrogen and oxygen atoms in total. The lowest BCUT2D eigenvalue weighted by atomic mass is 9.80. The third-order valence-electron chi connectivity index (χ3n) is 3.75. The molecule has 0 unspecified atom stereocenters. The first kappa shape index (κ1) is 11.4. The van der Waals surface area contributed by atoms with Crippen LogP contribution in [0.4, 0.5) is 0 Å². The van der Waals surface area contributed by atoms with Crippen molar-refractivity contribution in [3.8, 4) is 0 Å². The maximum atomic E-state index is 10.7. The van der Waals surface area contributed by atoms with Crippen LogP contribution in [0.3, 0.4) is 0 Å². The molecular weight excluding hydrogens is 196 g/mol. The van der Waals surface area contributed by atoms with Gasteiger partial charge in [-0.15, -0.1) is 0 Å². The Hall–Kier alpha value is -1.11. The fraction of sp³-hybridized carbons (Fsp3) is 0.533. The van der Waals surface area contributed by atoms with E-state index in [0.717, 1.165) is 30.1 Å². The molecule has 0 atom stereocenters. The minimum atomic E-state index is 0.807. The molecule has 1 heteroatoms. The molecule has 1 saturated carbocycles. The molecule has 0 radical (unpaired) electrons. The number of rotatable bonds is 3. The fourth-order valence-corrected chi connectivity index (χ4v) is 2.66. The summed E-state index contributed by atoms with van der Waals surface area (Å²) in [7, 11) is 0. The Morgan fingerprint density at radius 3 is 2.69 bits per heavy atom. The second kappa shape index (κ2) is 5.29. The molecular formula is C15H20O. The summed E-state index contributed by atoms with van der Waals surface area (Å²) in [5, 5.41) is 0. The van der Waals surface area contributed by atoms with E-state index in [1.165, 1.54) is 31.2 Å². The molecule has 0 aromatic heterocycles. The molecule has 0 aliphatic heterocycles. The van der Waals surface area contributed by atoms with Gasteiger partial charge in [0.1, 0.15) is 6.29 Å². The van der Waals surface area contributed by atoms with Crippen molar-refractivity contribution in [2.24, 2.45) is 11.8 Å². The molecule has 1 fully saturated rings. The molecule has 1 aliphatic carbocycles. The van der Waals surface area contributed by atoms with Crippen molar-refractivity contribution in [3.63, 3.8) is 0 Å². The molecule has 0 amide bonds. The monoisotopic (exact) mass is 216 g/mol. The summed E-state index contributed by atoms with van der Waals surface area (Å²) in [5.41, 5.74) is 2.13. The Morgan fingerprint density at radius 2 is 2.00 bits per heavy atom. The molecule has 0 spiro atoms. The lowest BCUT2D eigenvalue weighted by molar-refractivity contribution is 0.112. The van der Waals surface area contributed by atoms with Crippen LogP contribution in [0.15, 0.2) is 24.3 Å². The van der Waals surface area contributed by atoms with Crippen molar-refractivity contribution in [2.45, 2.75) is 39.0 Å². The lowest BCUT2D eigenvalue weighted by Gasteiger charge is -2.26. The zero-order valence-electron chi connectivity index (χ0n) is 9.99. The Balaban J connectivity index is 1.95. The van der Waals surface area contributed by atoms with Crippen LogP contribution in [0.2, 0.25) is 0 Å². The van der Waals surface area contributed by atoms with Crippen molar-refractivity contribution in [3.05, 3.63) is 35.4 Å². The van der Waals surface area contributed by atoms with E-state index in [9.17, 15) is 4.79 Å². The highest BCUT2D eigenvalue weighted by molar-refractivity contribution is 5.74. The van der Waals surface area contributed by atoms with E-state index in [4.69, 9.17) is 0 Å². The summed E-state index contributed by atoms with van der Waals surface area (Å²) in [5.74, 6) is 1.75. The summed E-state index contributed by atoms with van der Waals surface area (Å²) in [6, 6.07) is 8.04. The zero-order chi connectivity index (χ0) is 11.4. The number of benzene rings is 1. The predicted molar refractivity (Wildman–Crippen MR) is 66.7 cm³/mol. The van der Waals surface area contributed by atoms with Crippen molar-refractivity contribution in [1.29, 1.82) is 0 Å². The first-order chi connectivity index (χ1) is 7.78. The number of carbonyl (C=O) groups excluding carboxylic acids is 1. The van der Waals surface area contributed by atoms with Gasteiger partial charge in [0, 0.05) is 5.56 Å². The van der Waals surface area contributed by atoms with Gasteiger partial charge in [0.15, 0.2) is 0 Å². The normalized spacial score (nSPS) is 25.3. The highest BCUT2D eigenvalue weighted by atomic mass is 16.1. The van der Waals surface area contributed by atoms with Crippen molar-refractivity contribution in [1.82, 2.24) is 0 Å². The van der Waals surface area contributed by atoms with Crippen molar-refractivity contribution >= 4 is 6.29 Å². The van der Waals surface area contributed by atoms with Crippen LogP contribution in [0, 0.1) is 11.8 Å². The largest absolute Gasteiger partial charge is 0.298 e. The number of hydrogen-bond acceptors (Lipinski definition) is 1. The maximum Gasteiger partial charge on any atom is 0.150 e. The zero-order valence-corrected chi connectivity index (χ0v) is 9.99. The third kappa shape index (κ3) is 2.94. The van der Waals surface area contributed by atoms with Crippen LogP contribution in [0.1, 0.15) is 48.5 Å². The molecule has 0 heterocycles. The van der Waals surface area contributed by atoms with Gasteiger partial charge in [-0.1, -0.05) is 38.0 Å². The van der Waals surface area contributed by atoms with Gasteiger partial charge in [-0.3, -0.25) is 4.79 Å². The van der Waals surface area contributed by atoms with Crippen LogP contribution >= 0.6 is 0 Å². The average Bonchev–Trinajstić information content (AvgIpc) is 2.32. The summed E-state index contributed by atoms with van der Waals surface area (Å²) in [4.78, 5) is 10.7. The maximum absolute atomic E-state index is 10.7. The van der Waals surface area contributed by atoms with E-state index < -0.39 is 0 Å². The number of carbonyl (C=O) groups is 1. The van der Waals surface area contributed by atoms with Crippen LogP contribution in [0.25, 0.3) is 0 Å². The van der Waals surface area contributed by atoms with Crippen molar-refractivity contribution < 1.29 is 4.79 Å². The molecule has 86 valence electrons. The van der Waals surface area contributed by atoms with Gasteiger partial charge in [0.25, 0.3) is 0 Å². The Kier molecular flexibility index (Phi) is 3.76. The topological polar surface area (TPSA) is 17.1 Å². The second-order valence-corrected chi connectivity index (χ2v) is 5.19. The second-order valence-electron chi connectivity index (χ2n) is 5.19. The predicted octanol–water partition coefficient (Wildman–Crippen LogP) is 3.87. The van der Waals surface area contributed by atoms with E-state index in [-0.39, 0.29) is 0 Å². The summed E-state index contributed by atoms with van der Waals surface area (Å²) >= 11 is 0. The first-order valence-electron chi connectivity index (χ1n) is 6.32. The Labute approximate surface area is 97.9 Å². The van der Waals surface area contributed by atoms with Gasteiger partial charge in [0.05, 0.1) is 0 Å². The molecule has 0 saturated heterocycles. The van der Waals surface area contributed by atoms with Crippen LogP contribution in [-0.2, 0) is 6.42 Å². The van der Waals surface area contributed by atoms with Gasteiger partial charge < -0.3 is 0 Å². The van der Waals surface area contributed by atoms with E-state index in [0.29, 0.717) is 0 Å². The van der Waals surface area contributed by atoms with Gasteiger partial charge in [-0.2, -0.15) is 0 Å². The van der Waals surface area contributed by atoms with E-state index >= 15 is 0 Å². The van der Waals surface area contributed by atoms with E-state index in [2.05, 4.69) is 13.0 Å². The lowest BCUT2D eigenvalue weighted by Crippen LogP contribution is -2.14. The van der Waals surface area contributed by atoms with Gasteiger partial charge in [-0.05, 0) is 42.7 Å². The third-order valence-corrected chi connectivity index (χ3v) is 3.75. The highest BCUT2D eigenvalue weighted by Gasteiger charge is 2.18. The van der Waals surface area contributed by atoms with Crippen LogP contribution in [-0.4, -0.2) is 6.29 Å². The number of aldehydes is 1. The number of hydrogen-bond donors (Lipinski definition) is 0. The molecule has 2 rings (SSSR count). The minimum Gasteiger partial charge on any atom is -0.298 e. The fourth-order valence-electron chi connectivity index (χ4n) is 2.66. The molecule has 16 heavy (non-hydrogen) atoms. The quantitative estimate of drug-likeness (QED) is 0.701. The van der Waals surface area contributed by atoms with Crippen molar-refractivity contribution in [2.75, 3.05) is 0 Å². The van der Waals surface area contributed by atoms with Gasteiger partial charge in [0.2, 0.25) is 0 Å². The standard InChI is InChI=1S/C15H20O/c1-12-5-7-13(8-6-12)9-14-3-2-4-15(10-14)11-16/h2-4,10-13H,5-9H2,1H3. The first-order valence-corrected chi connectivity index (χ1v) is 6.32. The SMILES string of the molecule is CC1CCC(Cc2cccc(C=O)c2)CC1. The van der Waals surface area contributed by atoms with E-state index in [1.807, 2.05) is 18.2 Å². The average molecular weight is 216 g/mol. The molecule has 1 aromatic carbocycles. The van der Waals surface area contributed by atoms with E-state index in [1.54, 1.807) is 0 Å². The summed E-state index contributed by atoms with van der Waals surface area (Å²) in [6.07, 6.45) is 7.54. The Morgan fingerprint density at radius 1 is 1.25 bits per heavy atom. The molecule has 1 aromatic rings. The smallest absolute Gasteiger partial charge is 0.150 e. The molecule has 0 N–H and O–H groups in total. The highest BCUT2D eigenvalue weighted by Crippen LogP contribution is 2.30. The minimum absolute atomic E-state index is 0.807. The summed E-state index contributed by atoms with van der Waals surface area (Å²) in [6.45, 7) is 2.35. The van der Waals surface area contributed by atoms with Gasteiger partial charge >= 0.3 is 0 Å². The van der Waals surface area contributed by atoms with Crippen LogP contribution in [0.5, 0.6) is 0 Å². The molecule has 1 aliphatic rings. The van der Waals surface area contributed by atoms with Gasteiger partial charge in [-0.25, -0.2) is 0 Å². The van der Waals surface area contributed by atoms with Crippen LogP contribution < -0.4 is 0 Å². The summed E-state index contributed by atoms with van der Waals surface area (Å²) < 4.78 is 0. The Bertz CT molecular complexity index is 348.